The summed E-state index contributed by atoms with van der Waals surface area (Å²) in [5.41, 5.74) is 1.08. The minimum atomic E-state index is 0.288. The van der Waals surface area contributed by atoms with Crippen molar-refractivity contribution in [3.8, 4) is 0 Å². The van der Waals surface area contributed by atoms with E-state index in [-0.39, 0.29) is 5.91 Å². The zero-order chi connectivity index (χ0) is 16.9. The molecule has 2 aliphatic rings. The van der Waals surface area contributed by atoms with Gasteiger partial charge < -0.3 is 4.90 Å². The number of hydrogen-bond acceptors (Lipinski definition) is 4. The summed E-state index contributed by atoms with van der Waals surface area (Å²) in [7, 11) is 0. The van der Waals surface area contributed by atoms with Crippen LogP contribution in [0.4, 0.5) is 0 Å². The van der Waals surface area contributed by atoms with Crippen LogP contribution >= 0.6 is 23.2 Å². The predicted octanol–water partition coefficient (Wildman–Crippen LogP) is 2.52. The van der Waals surface area contributed by atoms with Crippen LogP contribution in [0, 0.1) is 0 Å². The summed E-state index contributed by atoms with van der Waals surface area (Å²) >= 11 is 11.9. The highest BCUT2D eigenvalue weighted by Crippen LogP contribution is 2.17. The summed E-state index contributed by atoms with van der Waals surface area (Å²) in [4.78, 5) is 23.0. The zero-order valence-corrected chi connectivity index (χ0v) is 15.4. The fraction of sp³-hybridized carbons (Fsp3) is 0.647. The number of hydrogen-bond donors (Lipinski definition) is 0. The lowest BCUT2D eigenvalue weighted by Crippen LogP contribution is -2.50. The van der Waals surface area contributed by atoms with Gasteiger partial charge in [-0.2, -0.15) is 0 Å². The van der Waals surface area contributed by atoms with E-state index in [0.29, 0.717) is 16.9 Å². The summed E-state index contributed by atoms with van der Waals surface area (Å²) in [5.74, 6) is 0.288. The average Bonchev–Trinajstić information content (AvgIpc) is 2.56. The van der Waals surface area contributed by atoms with Gasteiger partial charge in [-0.05, 0) is 37.0 Å². The molecular weight excluding hydrogens is 347 g/mol. The molecule has 2 saturated heterocycles. The molecule has 0 N–H and O–H groups in total. The largest absolute Gasteiger partial charge is 0.342 e. The Bertz CT molecular complexity index is 549. The van der Waals surface area contributed by atoms with Crippen molar-refractivity contribution in [1.29, 1.82) is 0 Å². The van der Waals surface area contributed by atoms with E-state index in [1.807, 2.05) is 17.0 Å². The van der Waals surface area contributed by atoms with Gasteiger partial charge in [-0.15, -0.1) is 0 Å². The topological polar surface area (TPSA) is 39.7 Å². The highest BCUT2D eigenvalue weighted by atomic mass is 35.5. The molecule has 0 spiro atoms. The van der Waals surface area contributed by atoms with Crippen molar-refractivity contribution in [2.45, 2.75) is 25.8 Å². The molecule has 7 heteroatoms. The average molecular weight is 371 g/mol. The molecule has 132 valence electrons. The smallest absolute Gasteiger partial charge is 0.236 e. The molecule has 0 radical (unpaired) electrons. The van der Waals surface area contributed by atoms with E-state index >= 15 is 0 Å². The molecule has 0 unspecified atom stereocenters. The molecule has 5 nitrogen and oxygen atoms in total. The van der Waals surface area contributed by atoms with E-state index < -0.39 is 0 Å². The van der Waals surface area contributed by atoms with E-state index in [1.165, 1.54) is 6.42 Å². The molecular formula is C17H24Cl2N4O. The maximum atomic E-state index is 12.3. The fourth-order valence-corrected chi connectivity index (χ4v) is 3.91. The summed E-state index contributed by atoms with van der Waals surface area (Å²) in [6.07, 6.45) is 3.55. The van der Waals surface area contributed by atoms with E-state index in [9.17, 15) is 4.79 Å². The molecule has 24 heavy (non-hydrogen) atoms. The number of carbonyl (C=O) groups excluding carboxylic acids is 1. The van der Waals surface area contributed by atoms with Gasteiger partial charge in [0.1, 0.15) is 10.3 Å². The number of piperazine rings is 1. The van der Waals surface area contributed by atoms with Gasteiger partial charge in [0.2, 0.25) is 5.91 Å². The molecule has 2 aliphatic heterocycles. The van der Waals surface area contributed by atoms with Gasteiger partial charge in [-0.25, -0.2) is 4.98 Å². The quantitative estimate of drug-likeness (QED) is 0.763. The first-order chi connectivity index (χ1) is 11.6. The van der Waals surface area contributed by atoms with Crippen LogP contribution in [0.1, 0.15) is 24.8 Å². The third kappa shape index (κ3) is 5.06. The second-order valence-corrected chi connectivity index (χ2v) is 7.39. The van der Waals surface area contributed by atoms with Crippen molar-refractivity contribution in [3.05, 3.63) is 28.0 Å². The summed E-state index contributed by atoms with van der Waals surface area (Å²) in [5, 5.41) is 0.867. The van der Waals surface area contributed by atoms with Crippen molar-refractivity contribution in [1.82, 2.24) is 19.7 Å². The number of aromatic nitrogens is 1. The predicted molar refractivity (Wildman–Crippen MR) is 96.4 cm³/mol. The highest BCUT2D eigenvalue weighted by molar-refractivity contribution is 6.32. The first kappa shape index (κ1) is 17.9. The number of halogens is 2. The third-order valence-electron chi connectivity index (χ3n) is 4.76. The highest BCUT2D eigenvalue weighted by Gasteiger charge is 2.22. The van der Waals surface area contributed by atoms with Crippen LogP contribution in [-0.4, -0.2) is 71.4 Å². The normalized spacial score (nSPS) is 20.3. The maximum absolute atomic E-state index is 12.3. The molecule has 1 amide bonds. The Hall–Kier alpha value is -0.880. The Morgan fingerprint density at radius 1 is 0.917 bits per heavy atom. The molecule has 2 fully saturated rings. The number of nitrogens with zero attached hydrogens (tertiary/aromatic N) is 4. The van der Waals surface area contributed by atoms with Crippen LogP contribution in [0.3, 0.4) is 0 Å². The monoisotopic (exact) mass is 370 g/mol. The summed E-state index contributed by atoms with van der Waals surface area (Å²) in [6, 6.07) is 3.72. The number of carbonyl (C=O) groups is 1. The number of pyridine rings is 1. The van der Waals surface area contributed by atoms with Gasteiger partial charge >= 0.3 is 0 Å². The van der Waals surface area contributed by atoms with Crippen LogP contribution in [0.15, 0.2) is 12.1 Å². The van der Waals surface area contributed by atoms with E-state index in [1.54, 1.807) is 0 Å². The van der Waals surface area contributed by atoms with Crippen LogP contribution in [0.2, 0.25) is 10.3 Å². The van der Waals surface area contributed by atoms with Crippen molar-refractivity contribution in [3.63, 3.8) is 0 Å². The fourth-order valence-electron chi connectivity index (χ4n) is 3.40. The maximum Gasteiger partial charge on any atom is 0.236 e. The number of rotatable bonds is 4. The van der Waals surface area contributed by atoms with Gasteiger partial charge in [-0.3, -0.25) is 14.6 Å². The number of likely N-dealkylation sites (tertiary alicyclic amines) is 1. The Labute approximate surface area is 153 Å². The minimum Gasteiger partial charge on any atom is -0.342 e. The van der Waals surface area contributed by atoms with Crippen LogP contribution < -0.4 is 0 Å². The van der Waals surface area contributed by atoms with Crippen LogP contribution in [0.5, 0.6) is 0 Å². The molecule has 3 heterocycles. The molecule has 0 bridgehead atoms. The summed E-state index contributed by atoms with van der Waals surface area (Å²) < 4.78 is 0. The zero-order valence-electron chi connectivity index (χ0n) is 13.9. The molecule has 3 rings (SSSR count). The standard InChI is InChI=1S/C17H24Cl2N4O/c18-15-10-14(11-16(19)20-15)12-21-6-8-22(9-7-21)13-17(24)23-4-2-1-3-5-23/h10-11H,1-9,12-13H2. The Balaban J connectivity index is 1.44. The Kier molecular flexibility index (Phi) is 6.33. The summed E-state index contributed by atoms with van der Waals surface area (Å²) in [6.45, 7) is 6.98. The first-order valence-corrected chi connectivity index (χ1v) is 9.40. The van der Waals surface area contributed by atoms with Gasteiger partial charge in [0.15, 0.2) is 0 Å². The van der Waals surface area contributed by atoms with E-state index in [4.69, 9.17) is 23.2 Å². The van der Waals surface area contributed by atoms with Crippen molar-refractivity contribution in [2.75, 3.05) is 45.8 Å². The number of piperidine rings is 1. The SMILES string of the molecule is O=C(CN1CCN(Cc2cc(Cl)nc(Cl)c2)CC1)N1CCCCC1. The van der Waals surface area contributed by atoms with Crippen LogP contribution in [-0.2, 0) is 11.3 Å². The molecule has 0 saturated carbocycles. The van der Waals surface area contributed by atoms with Gasteiger partial charge in [-0.1, -0.05) is 23.2 Å². The van der Waals surface area contributed by atoms with E-state index in [2.05, 4.69) is 14.8 Å². The Morgan fingerprint density at radius 2 is 1.50 bits per heavy atom. The molecule has 1 aromatic heterocycles. The lowest BCUT2D eigenvalue weighted by molar-refractivity contribution is -0.133. The molecule has 0 atom stereocenters. The molecule has 1 aromatic rings. The third-order valence-corrected chi connectivity index (χ3v) is 5.15. The van der Waals surface area contributed by atoms with Crippen molar-refractivity contribution >= 4 is 29.1 Å². The molecule has 0 aliphatic carbocycles. The first-order valence-electron chi connectivity index (χ1n) is 8.64. The Morgan fingerprint density at radius 3 is 2.12 bits per heavy atom. The van der Waals surface area contributed by atoms with Gasteiger partial charge in [0.05, 0.1) is 6.54 Å². The van der Waals surface area contributed by atoms with Gasteiger partial charge in [0.25, 0.3) is 0 Å². The lowest BCUT2D eigenvalue weighted by Gasteiger charge is -2.36. The van der Waals surface area contributed by atoms with Gasteiger partial charge in [0, 0.05) is 45.8 Å². The van der Waals surface area contributed by atoms with Crippen molar-refractivity contribution < 1.29 is 4.79 Å². The molecule has 0 aromatic carbocycles. The lowest BCUT2D eigenvalue weighted by atomic mass is 10.1. The van der Waals surface area contributed by atoms with Crippen LogP contribution in [0.25, 0.3) is 0 Å². The second-order valence-electron chi connectivity index (χ2n) is 6.61. The minimum absolute atomic E-state index is 0.288. The number of amides is 1. The van der Waals surface area contributed by atoms with E-state index in [0.717, 1.165) is 64.2 Å². The van der Waals surface area contributed by atoms with Crippen molar-refractivity contribution in [2.24, 2.45) is 0 Å². The second kappa shape index (κ2) is 8.48.